The van der Waals surface area contributed by atoms with Crippen molar-refractivity contribution < 1.29 is 4.74 Å². The number of hydrogen-bond donors (Lipinski definition) is 1. The van der Waals surface area contributed by atoms with E-state index < -0.39 is 0 Å². The molecule has 106 valence electrons. The van der Waals surface area contributed by atoms with Crippen LogP contribution in [0.1, 0.15) is 18.0 Å². The molecular formula is C17H22N2O. The topological polar surface area (TPSA) is 38.5 Å². The summed E-state index contributed by atoms with van der Waals surface area (Å²) in [4.78, 5) is 2.40. The molecule has 1 heterocycles. The average Bonchev–Trinajstić information content (AvgIpc) is 2.86. The van der Waals surface area contributed by atoms with E-state index in [1.807, 2.05) is 0 Å². The highest BCUT2D eigenvalue weighted by atomic mass is 16.5. The lowest BCUT2D eigenvalue weighted by atomic mass is 9.89. The van der Waals surface area contributed by atoms with E-state index in [2.05, 4.69) is 48.3 Å². The Morgan fingerprint density at radius 3 is 2.80 bits per heavy atom. The lowest BCUT2D eigenvalue weighted by Gasteiger charge is -2.27. The summed E-state index contributed by atoms with van der Waals surface area (Å²) in [6.07, 6.45) is 1.16. The fourth-order valence-corrected chi connectivity index (χ4v) is 3.49. The number of benzene rings is 2. The second kappa shape index (κ2) is 5.43. The molecule has 0 saturated carbocycles. The Morgan fingerprint density at radius 2 is 2.05 bits per heavy atom. The summed E-state index contributed by atoms with van der Waals surface area (Å²) in [6, 6.07) is 13.1. The highest BCUT2D eigenvalue weighted by Gasteiger charge is 2.34. The second-order valence-electron chi connectivity index (χ2n) is 5.61. The van der Waals surface area contributed by atoms with E-state index in [1.165, 1.54) is 16.3 Å². The van der Waals surface area contributed by atoms with Crippen LogP contribution in [-0.4, -0.2) is 32.1 Å². The van der Waals surface area contributed by atoms with Gasteiger partial charge < -0.3 is 10.5 Å². The van der Waals surface area contributed by atoms with E-state index >= 15 is 0 Å². The molecule has 2 N–H and O–H groups in total. The van der Waals surface area contributed by atoms with Gasteiger partial charge >= 0.3 is 0 Å². The van der Waals surface area contributed by atoms with Crippen LogP contribution in [0.15, 0.2) is 36.4 Å². The Kier molecular flexibility index (Phi) is 3.64. The number of rotatable bonds is 3. The summed E-state index contributed by atoms with van der Waals surface area (Å²) >= 11 is 0. The first-order valence-electron chi connectivity index (χ1n) is 7.22. The van der Waals surface area contributed by atoms with Crippen molar-refractivity contribution in [3.8, 4) is 5.75 Å². The number of nitrogens with two attached hydrogens (primary N) is 1. The molecule has 1 fully saturated rings. The van der Waals surface area contributed by atoms with E-state index in [-0.39, 0.29) is 0 Å². The zero-order chi connectivity index (χ0) is 14.1. The summed E-state index contributed by atoms with van der Waals surface area (Å²) in [5.41, 5.74) is 7.28. The zero-order valence-corrected chi connectivity index (χ0v) is 12.2. The molecule has 0 spiro atoms. The quantitative estimate of drug-likeness (QED) is 0.932. The van der Waals surface area contributed by atoms with Crippen LogP contribution in [0.3, 0.4) is 0 Å². The van der Waals surface area contributed by atoms with Gasteiger partial charge in [-0.25, -0.2) is 0 Å². The number of methoxy groups -OCH3 is 1. The summed E-state index contributed by atoms with van der Waals surface area (Å²) in [7, 11) is 3.93. The van der Waals surface area contributed by atoms with Gasteiger partial charge in [0.15, 0.2) is 0 Å². The fourth-order valence-electron chi connectivity index (χ4n) is 3.49. The van der Waals surface area contributed by atoms with Crippen molar-refractivity contribution in [3.63, 3.8) is 0 Å². The van der Waals surface area contributed by atoms with E-state index in [9.17, 15) is 0 Å². The summed E-state index contributed by atoms with van der Waals surface area (Å²) in [6.45, 7) is 1.82. The smallest absolute Gasteiger partial charge is 0.124 e. The minimum absolute atomic E-state index is 0.348. The van der Waals surface area contributed by atoms with Gasteiger partial charge in [0.05, 0.1) is 7.11 Å². The van der Waals surface area contributed by atoms with Gasteiger partial charge in [-0.15, -0.1) is 0 Å². The van der Waals surface area contributed by atoms with Gasteiger partial charge in [0.1, 0.15) is 5.75 Å². The molecule has 0 bridgehead atoms. The Morgan fingerprint density at radius 1 is 1.25 bits per heavy atom. The molecule has 1 saturated heterocycles. The van der Waals surface area contributed by atoms with Gasteiger partial charge in [0.25, 0.3) is 0 Å². The van der Waals surface area contributed by atoms with Crippen molar-refractivity contribution in [3.05, 3.63) is 42.0 Å². The maximum Gasteiger partial charge on any atom is 0.124 e. The van der Waals surface area contributed by atoms with Gasteiger partial charge in [0.2, 0.25) is 0 Å². The van der Waals surface area contributed by atoms with Crippen LogP contribution < -0.4 is 10.5 Å². The zero-order valence-electron chi connectivity index (χ0n) is 12.2. The van der Waals surface area contributed by atoms with E-state index in [0.717, 1.165) is 25.3 Å². The lowest BCUT2D eigenvalue weighted by molar-refractivity contribution is 0.272. The summed E-state index contributed by atoms with van der Waals surface area (Å²) < 4.78 is 5.64. The minimum atomic E-state index is 0.348. The van der Waals surface area contributed by atoms with Crippen LogP contribution in [0, 0.1) is 5.92 Å². The van der Waals surface area contributed by atoms with Crippen LogP contribution in [0.5, 0.6) is 5.75 Å². The molecule has 20 heavy (non-hydrogen) atoms. The molecule has 1 aliphatic heterocycles. The first-order chi connectivity index (χ1) is 9.76. The Balaban J connectivity index is 2.22. The molecule has 0 aliphatic carbocycles. The van der Waals surface area contributed by atoms with E-state index in [0.29, 0.717) is 12.0 Å². The fraction of sp³-hybridized carbons (Fsp3) is 0.412. The van der Waals surface area contributed by atoms with Crippen molar-refractivity contribution in [2.24, 2.45) is 11.7 Å². The van der Waals surface area contributed by atoms with Gasteiger partial charge in [-0.2, -0.15) is 0 Å². The molecule has 2 aromatic rings. The molecular weight excluding hydrogens is 248 g/mol. The van der Waals surface area contributed by atoms with Crippen LogP contribution in [0.4, 0.5) is 0 Å². The van der Waals surface area contributed by atoms with Gasteiger partial charge in [-0.3, -0.25) is 4.90 Å². The van der Waals surface area contributed by atoms with Crippen molar-refractivity contribution >= 4 is 10.8 Å². The molecule has 1 aliphatic rings. The SMILES string of the molecule is COc1ccc2ccccc2c1C1C(CN)CCN1C. The summed E-state index contributed by atoms with van der Waals surface area (Å²) in [5.74, 6) is 1.47. The van der Waals surface area contributed by atoms with Crippen molar-refractivity contribution in [2.45, 2.75) is 12.5 Å². The first-order valence-corrected chi connectivity index (χ1v) is 7.22. The Labute approximate surface area is 120 Å². The normalized spacial score (nSPS) is 23.4. The van der Waals surface area contributed by atoms with Crippen LogP contribution in [-0.2, 0) is 0 Å². The molecule has 3 heteroatoms. The molecule has 3 nitrogen and oxygen atoms in total. The standard InChI is InChI=1S/C17H22N2O/c1-19-10-9-13(11-18)17(19)16-14-6-4-3-5-12(14)7-8-15(16)20-2/h3-8,13,17H,9-11,18H2,1-2H3. The van der Waals surface area contributed by atoms with Crippen molar-refractivity contribution in [2.75, 3.05) is 27.2 Å². The number of nitrogens with zero attached hydrogens (tertiary/aromatic N) is 1. The molecule has 2 aromatic carbocycles. The maximum absolute atomic E-state index is 5.99. The monoisotopic (exact) mass is 270 g/mol. The number of likely N-dealkylation sites (tertiary alicyclic amines) is 1. The predicted octanol–water partition coefficient (Wildman–Crippen LogP) is 2.80. The molecule has 3 rings (SSSR count). The molecule has 2 unspecified atom stereocenters. The average molecular weight is 270 g/mol. The second-order valence-corrected chi connectivity index (χ2v) is 5.61. The maximum atomic E-state index is 5.99. The summed E-state index contributed by atoms with van der Waals surface area (Å²) in [5, 5.41) is 2.54. The van der Waals surface area contributed by atoms with Crippen LogP contribution in [0.25, 0.3) is 10.8 Å². The Hall–Kier alpha value is -1.58. The van der Waals surface area contributed by atoms with Crippen molar-refractivity contribution in [1.82, 2.24) is 4.90 Å². The van der Waals surface area contributed by atoms with Gasteiger partial charge in [-0.05, 0) is 49.3 Å². The van der Waals surface area contributed by atoms with Crippen molar-refractivity contribution in [1.29, 1.82) is 0 Å². The highest BCUT2D eigenvalue weighted by Crippen LogP contribution is 2.43. The molecule has 0 amide bonds. The number of fused-ring (bicyclic) bond motifs is 1. The first kappa shape index (κ1) is 13.4. The number of ether oxygens (including phenoxy) is 1. The third-order valence-corrected chi connectivity index (χ3v) is 4.52. The van der Waals surface area contributed by atoms with E-state index in [1.54, 1.807) is 7.11 Å². The third-order valence-electron chi connectivity index (χ3n) is 4.52. The van der Waals surface area contributed by atoms with Crippen LogP contribution >= 0.6 is 0 Å². The highest BCUT2D eigenvalue weighted by molar-refractivity contribution is 5.88. The molecule has 0 radical (unpaired) electrons. The van der Waals surface area contributed by atoms with Crippen LogP contribution in [0.2, 0.25) is 0 Å². The lowest BCUT2D eigenvalue weighted by Crippen LogP contribution is -2.25. The van der Waals surface area contributed by atoms with E-state index in [4.69, 9.17) is 10.5 Å². The largest absolute Gasteiger partial charge is 0.496 e. The third kappa shape index (κ3) is 2.07. The Bertz CT molecular complexity index is 611. The number of hydrogen-bond acceptors (Lipinski definition) is 3. The molecule has 2 atom stereocenters. The van der Waals surface area contributed by atoms with Gasteiger partial charge in [-0.1, -0.05) is 30.3 Å². The molecule has 0 aromatic heterocycles. The predicted molar refractivity (Wildman–Crippen MR) is 83.0 cm³/mol. The van der Waals surface area contributed by atoms with Gasteiger partial charge in [0, 0.05) is 11.6 Å². The minimum Gasteiger partial charge on any atom is -0.496 e.